The lowest BCUT2D eigenvalue weighted by Crippen LogP contribution is -2.47. The summed E-state index contributed by atoms with van der Waals surface area (Å²) in [6.45, 7) is 6.03. The minimum Gasteiger partial charge on any atom is -0.497 e. The average Bonchev–Trinajstić information content (AvgIpc) is 2.93. The first-order chi connectivity index (χ1) is 18.1. The third-order valence-electron chi connectivity index (χ3n) is 6.60. The first-order valence-corrected chi connectivity index (χ1v) is 12.5. The smallest absolute Gasteiger partial charge is 0.126 e. The van der Waals surface area contributed by atoms with E-state index in [1.807, 2.05) is 18.2 Å². The van der Waals surface area contributed by atoms with Gasteiger partial charge in [-0.05, 0) is 53.6 Å². The normalized spacial score (nSPS) is 14.9. The molecule has 0 atom stereocenters. The van der Waals surface area contributed by atoms with Gasteiger partial charge in [0.1, 0.15) is 29.2 Å². The molecule has 37 heavy (non-hydrogen) atoms. The summed E-state index contributed by atoms with van der Waals surface area (Å²) in [4.78, 5) is 4.80. The summed E-state index contributed by atoms with van der Waals surface area (Å²) in [5, 5.41) is 0. The van der Waals surface area contributed by atoms with Crippen LogP contribution in [0.25, 0.3) is 6.08 Å². The van der Waals surface area contributed by atoms with Crippen LogP contribution in [0.3, 0.4) is 0 Å². The summed E-state index contributed by atoms with van der Waals surface area (Å²) >= 11 is 0. The summed E-state index contributed by atoms with van der Waals surface area (Å²) in [6.07, 6.45) is 3.86. The lowest BCUT2D eigenvalue weighted by molar-refractivity contribution is 0.0467. The molecule has 3 aromatic rings. The molecule has 1 saturated heterocycles. The zero-order valence-electron chi connectivity index (χ0n) is 21.4. The summed E-state index contributed by atoms with van der Waals surface area (Å²) in [6, 6.07) is 18.3. The largest absolute Gasteiger partial charge is 0.497 e. The standard InChI is InChI=1S/C30H34F2N2O3/c1-35-28-13-14-29(36-2)25(22-28)4-3-15-33-16-18-34(19-17-33)20-21-37-30(23-5-9-26(31)10-6-23)24-7-11-27(32)12-8-24/h3-14,22,30H,15-21H2,1-2H3. The summed E-state index contributed by atoms with van der Waals surface area (Å²) in [7, 11) is 3.33. The second-order valence-electron chi connectivity index (χ2n) is 9.01. The van der Waals surface area contributed by atoms with Crippen molar-refractivity contribution >= 4 is 6.08 Å². The first kappa shape index (κ1) is 26.8. The van der Waals surface area contributed by atoms with Gasteiger partial charge in [-0.15, -0.1) is 0 Å². The van der Waals surface area contributed by atoms with Crippen LogP contribution in [0.15, 0.2) is 72.8 Å². The number of rotatable bonds is 11. The molecule has 0 unspecified atom stereocenters. The summed E-state index contributed by atoms with van der Waals surface area (Å²) in [5.41, 5.74) is 2.68. The predicted molar refractivity (Wildman–Crippen MR) is 142 cm³/mol. The number of nitrogens with zero attached hydrogens (tertiary/aromatic N) is 2. The number of benzene rings is 3. The van der Waals surface area contributed by atoms with Crippen LogP contribution >= 0.6 is 0 Å². The molecular formula is C30H34F2N2O3. The molecule has 0 aliphatic carbocycles. The van der Waals surface area contributed by atoms with Gasteiger partial charge in [0.05, 0.1) is 20.8 Å². The van der Waals surface area contributed by atoms with Gasteiger partial charge < -0.3 is 14.2 Å². The van der Waals surface area contributed by atoms with Crippen LogP contribution < -0.4 is 9.47 Å². The highest BCUT2D eigenvalue weighted by molar-refractivity contribution is 5.59. The van der Waals surface area contributed by atoms with E-state index in [0.717, 1.165) is 67.5 Å². The van der Waals surface area contributed by atoms with E-state index in [1.54, 1.807) is 38.5 Å². The molecule has 1 aliphatic heterocycles. The van der Waals surface area contributed by atoms with E-state index >= 15 is 0 Å². The number of hydrogen-bond donors (Lipinski definition) is 0. The zero-order chi connectivity index (χ0) is 26.0. The molecule has 0 aromatic heterocycles. The highest BCUT2D eigenvalue weighted by Crippen LogP contribution is 2.27. The molecule has 0 saturated carbocycles. The zero-order valence-corrected chi connectivity index (χ0v) is 21.4. The Labute approximate surface area is 217 Å². The SMILES string of the molecule is COc1ccc(OC)c(C=CCN2CCN(CCOC(c3ccc(F)cc3)c3ccc(F)cc3)CC2)c1. The highest BCUT2D eigenvalue weighted by Gasteiger charge is 2.19. The number of hydrogen-bond acceptors (Lipinski definition) is 5. The third kappa shape index (κ3) is 7.61. The van der Waals surface area contributed by atoms with E-state index < -0.39 is 0 Å². The van der Waals surface area contributed by atoms with Crippen molar-refractivity contribution in [3.05, 3.63) is 101 Å². The topological polar surface area (TPSA) is 34.2 Å². The molecule has 0 radical (unpaired) electrons. The minimum absolute atomic E-state index is 0.294. The van der Waals surface area contributed by atoms with Crippen LogP contribution in [-0.4, -0.2) is 69.9 Å². The van der Waals surface area contributed by atoms with E-state index in [0.29, 0.717) is 6.61 Å². The minimum atomic E-state index is -0.374. The van der Waals surface area contributed by atoms with Crippen molar-refractivity contribution in [1.82, 2.24) is 9.80 Å². The summed E-state index contributed by atoms with van der Waals surface area (Å²) < 4.78 is 43.9. The van der Waals surface area contributed by atoms with E-state index in [9.17, 15) is 8.78 Å². The van der Waals surface area contributed by atoms with Gasteiger partial charge in [-0.1, -0.05) is 36.4 Å². The fourth-order valence-electron chi connectivity index (χ4n) is 4.45. The molecule has 196 valence electrons. The van der Waals surface area contributed by atoms with Crippen molar-refractivity contribution < 1.29 is 23.0 Å². The lowest BCUT2D eigenvalue weighted by Gasteiger charge is -2.34. The van der Waals surface area contributed by atoms with Crippen molar-refractivity contribution in [3.8, 4) is 11.5 Å². The molecule has 1 heterocycles. The maximum atomic E-state index is 13.4. The van der Waals surface area contributed by atoms with Crippen LogP contribution in [0.2, 0.25) is 0 Å². The lowest BCUT2D eigenvalue weighted by atomic mass is 10.0. The molecule has 7 heteroatoms. The Morgan fingerprint density at radius 3 is 1.95 bits per heavy atom. The maximum absolute atomic E-state index is 13.4. The number of piperazine rings is 1. The number of ether oxygens (including phenoxy) is 3. The van der Waals surface area contributed by atoms with Gasteiger partial charge in [0.15, 0.2) is 0 Å². The molecule has 3 aromatic carbocycles. The second kappa shape index (κ2) is 13.3. The molecule has 1 fully saturated rings. The van der Waals surface area contributed by atoms with Gasteiger partial charge in [0.2, 0.25) is 0 Å². The Morgan fingerprint density at radius 2 is 1.38 bits per heavy atom. The van der Waals surface area contributed by atoms with Gasteiger partial charge >= 0.3 is 0 Å². The van der Waals surface area contributed by atoms with Crippen LogP contribution in [0.4, 0.5) is 8.78 Å². The molecule has 5 nitrogen and oxygen atoms in total. The Hall–Kier alpha value is -3.26. The highest BCUT2D eigenvalue weighted by atomic mass is 19.1. The van der Waals surface area contributed by atoms with Crippen molar-refractivity contribution in [1.29, 1.82) is 0 Å². The maximum Gasteiger partial charge on any atom is 0.126 e. The van der Waals surface area contributed by atoms with Crippen molar-refractivity contribution in [2.45, 2.75) is 6.10 Å². The van der Waals surface area contributed by atoms with Gasteiger partial charge in [-0.2, -0.15) is 0 Å². The first-order valence-electron chi connectivity index (χ1n) is 12.5. The van der Waals surface area contributed by atoms with Crippen LogP contribution in [0.5, 0.6) is 11.5 Å². The van der Waals surface area contributed by atoms with Gasteiger partial charge in [0.25, 0.3) is 0 Å². The molecule has 1 aliphatic rings. The molecular weight excluding hydrogens is 474 g/mol. The molecule has 0 spiro atoms. The predicted octanol–water partition coefficient (Wildman–Crippen LogP) is 5.42. The Balaban J connectivity index is 1.26. The van der Waals surface area contributed by atoms with E-state index in [2.05, 4.69) is 22.0 Å². The molecule has 4 rings (SSSR count). The second-order valence-corrected chi connectivity index (χ2v) is 9.01. The van der Waals surface area contributed by atoms with Gasteiger partial charge in [-0.3, -0.25) is 9.80 Å². The van der Waals surface area contributed by atoms with Gasteiger partial charge in [-0.25, -0.2) is 8.78 Å². The van der Waals surface area contributed by atoms with Crippen LogP contribution in [-0.2, 0) is 4.74 Å². The Morgan fingerprint density at radius 1 is 0.784 bits per heavy atom. The molecule has 0 amide bonds. The monoisotopic (exact) mass is 508 g/mol. The van der Waals surface area contributed by atoms with E-state index in [-0.39, 0.29) is 17.7 Å². The van der Waals surface area contributed by atoms with E-state index in [1.165, 1.54) is 24.3 Å². The quantitative estimate of drug-likeness (QED) is 0.346. The van der Waals surface area contributed by atoms with Crippen molar-refractivity contribution in [2.75, 3.05) is 60.1 Å². The fourth-order valence-corrected chi connectivity index (χ4v) is 4.45. The Bertz CT molecular complexity index is 1100. The van der Waals surface area contributed by atoms with Crippen LogP contribution in [0, 0.1) is 11.6 Å². The molecule has 0 N–H and O–H groups in total. The average molecular weight is 509 g/mol. The fraction of sp³-hybridized carbons (Fsp3) is 0.333. The van der Waals surface area contributed by atoms with Gasteiger partial charge in [0, 0.05) is 44.8 Å². The summed E-state index contributed by atoms with van der Waals surface area (Å²) in [5.74, 6) is 1.03. The third-order valence-corrected chi connectivity index (χ3v) is 6.60. The molecule has 0 bridgehead atoms. The Kier molecular flexibility index (Phi) is 9.65. The van der Waals surface area contributed by atoms with Crippen molar-refractivity contribution in [3.63, 3.8) is 0 Å². The van der Waals surface area contributed by atoms with Crippen molar-refractivity contribution in [2.24, 2.45) is 0 Å². The van der Waals surface area contributed by atoms with E-state index in [4.69, 9.17) is 14.2 Å². The number of methoxy groups -OCH3 is 2. The number of halogens is 2. The van der Waals surface area contributed by atoms with Crippen LogP contribution in [0.1, 0.15) is 22.8 Å².